The quantitative estimate of drug-likeness (QED) is 0.894. The summed E-state index contributed by atoms with van der Waals surface area (Å²) < 4.78 is 27.4. The van der Waals surface area contributed by atoms with Gasteiger partial charge in [-0.15, -0.1) is 0 Å². The van der Waals surface area contributed by atoms with Gasteiger partial charge in [-0.3, -0.25) is 0 Å². The third-order valence-corrected chi connectivity index (χ3v) is 3.09. The predicted octanol–water partition coefficient (Wildman–Crippen LogP) is 3.77. The first-order chi connectivity index (χ1) is 6.97. The standard InChI is InChI=1S/C11H14BrF2N/c1-3-6(2)11(15)10-8(13)4-7(12)5-9(10)14/h4-6,11H,3,15H2,1-2H3/t6?,11-/m1/s1. The minimum atomic E-state index is -0.594. The van der Waals surface area contributed by atoms with E-state index in [1.807, 2.05) is 13.8 Å². The van der Waals surface area contributed by atoms with Crippen molar-refractivity contribution >= 4 is 15.9 Å². The molecule has 0 bridgehead atoms. The molecule has 0 saturated heterocycles. The summed E-state index contributed by atoms with van der Waals surface area (Å²) in [7, 11) is 0. The molecule has 15 heavy (non-hydrogen) atoms. The summed E-state index contributed by atoms with van der Waals surface area (Å²) in [6.07, 6.45) is 0.788. The molecule has 0 aliphatic heterocycles. The van der Waals surface area contributed by atoms with Gasteiger partial charge in [-0.05, 0) is 18.1 Å². The van der Waals surface area contributed by atoms with E-state index < -0.39 is 17.7 Å². The zero-order chi connectivity index (χ0) is 11.6. The Balaban J connectivity index is 3.13. The molecule has 0 aromatic heterocycles. The first kappa shape index (κ1) is 12.6. The van der Waals surface area contributed by atoms with Crippen LogP contribution in [0.4, 0.5) is 8.78 Å². The van der Waals surface area contributed by atoms with E-state index in [0.717, 1.165) is 6.42 Å². The second kappa shape index (κ2) is 5.03. The van der Waals surface area contributed by atoms with Gasteiger partial charge in [-0.2, -0.15) is 0 Å². The molecule has 1 aromatic carbocycles. The number of benzene rings is 1. The summed E-state index contributed by atoms with van der Waals surface area (Å²) in [6.45, 7) is 3.82. The van der Waals surface area contributed by atoms with Gasteiger partial charge < -0.3 is 5.73 Å². The van der Waals surface area contributed by atoms with Crippen LogP contribution in [0, 0.1) is 17.6 Å². The Labute approximate surface area is 96.8 Å². The van der Waals surface area contributed by atoms with Gasteiger partial charge in [0.05, 0.1) is 0 Å². The number of rotatable bonds is 3. The van der Waals surface area contributed by atoms with Gasteiger partial charge in [0, 0.05) is 16.1 Å². The molecule has 0 heterocycles. The van der Waals surface area contributed by atoms with Crippen molar-refractivity contribution in [2.24, 2.45) is 11.7 Å². The zero-order valence-electron chi connectivity index (χ0n) is 8.73. The van der Waals surface area contributed by atoms with Crippen LogP contribution in [0.1, 0.15) is 31.9 Å². The fourth-order valence-corrected chi connectivity index (χ4v) is 1.81. The topological polar surface area (TPSA) is 26.0 Å². The van der Waals surface area contributed by atoms with E-state index in [2.05, 4.69) is 15.9 Å². The lowest BCUT2D eigenvalue weighted by molar-refractivity contribution is 0.419. The smallest absolute Gasteiger partial charge is 0.132 e. The summed E-state index contributed by atoms with van der Waals surface area (Å²) >= 11 is 3.03. The van der Waals surface area contributed by atoms with Crippen LogP contribution in [0.25, 0.3) is 0 Å². The Bertz CT molecular complexity index is 331. The number of nitrogens with two attached hydrogens (primary N) is 1. The molecular formula is C11H14BrF2N. The lowest BCUT2D eigenvalue weighted by Gasteiger charge is -2.20. The molecule has 1 rings (SSSR count). The molecule has 2 atom stereocenters. The van der Waals surface area contributed by atoms with Crippen LogP contribution in [0.5, 0.6) is 0 Å². The Morgan fingerprint density at radius 2 is 1.80 bits per heavy atom. The van der Waals surface area contributed by atoms with Crippen molar-refractivity contribution in [2.75, 3.05) is 0 Å². The molecule has 0 radical (unpaired) electrons. The summed E-state index contributed by atoms with van der Waals surface area (Å²) in [5.74, 6) is -1.13. The molecule has 0 aliphatic rings. The van der Waals surface area contributed by atoms with Crippen LogP contribution in [-0.2, 0) is 0 Å². The molecule has 2 N–H and O–H groups in total. The van der Waals surface area contributed by atoms with E-state index in [0.29, 0.717) is 4.47 Å². The Morgan fingerprint density at radius 3 is 2.20 bits per heavy atom. The SMILES string of the molecule is CCC(C)[C@@H](N)c1c(F)cc(Br)cc1F. The second-order valence-electron chi connectivity index (χ2n) is 3.69. The van der Waals surface area contributed by atoms with Crippen molar-refractivity contribution in [1.29, 1.82) is 0 Å². The highest BCUT2D eigenvalue weighted by Crippen LogP contribution is 2.28. The zero-order valence-corrected chi connectivity index (χ0v) is 10.3. The Kier molecular flexibility index (Phi) is 4.22. The molecule has 0 fully saturated rings. The minimum absolute atomic E-state index is 0.0208. The van der Waals surface area contributed by atoms with E-state index in [1.54, 1.807) is 0 Å². The average Bonchev–Trinajstić information content (AvgIpc) is 2.14. The Hall–Kier alpha value is -0.480. The number of halogens is 3. The van der Waals surface area contributed by atoms with Crippen LogP contribution in [-0.4, -0.2) is 0 Å². The summed E-state index contributed by atoms with van der Waals surface area (Å²) in [5, 5.41) is 0. The lowest BCUT2D eigenvalue weighted by atomic mass is 9.93. The number of hydrogen-bond donors (Lipinski definition) is 1. The Morgan fingerprint density at radius 1 is 1.33 bits per heavy atom. The van der Waals surface area contributed by atoms with Crippen molar-refractivity contribution < 1.29 is 8.78 Å². The molecule has 84 valence electrons. The number of hydrogen-bond acceptors (Lipinski definition) is 1. The van der Waals surface area contributed by atoms with Gasteiger partial charge in [-0.25, -0.2) is 8.78 Å². The largest absolute Gasteiger partial charge is 0.324 e. The van der Waals surface area contributed by atoms with Gasteiger partial charge in [0.1, 0.15) is 11.6 Å². The summed E-state index contributed by atoms with van der Waals surface area (Å²) in [6, 6.07) is 1.88. The summed E-state index contributed by atoms with van der Waals surface area (Å²) in [4.78, 5) is 0. The normalized spacial score (nSPS) is 15.1. The van der Waals surface area contributed by atoms with Crippen LogP contribution < -0.4 is 5.73 Å². The first-order valence-electron chi connectivity index (χ1n) is 4.87. The van der Waals surface area contributed by atoms with E-state index in [1.165, 1.54) is 12.1 Å². The fourth-order valence-electron chi connectivity index (χ4n) is 1.41. The second-order valence-corrected chi connectivity index (χ2v) is 4.61. The van der Waals surface area contributed by atoms with Crippen molar-refractivity contribution in [3.05, 3.63) is 33.8 Å². The van der Waals surface area contributed by atoms with E-state index in [9.17, 15) is 8.78 Å². The van der Waals surface area contributed by atoms with Gasteiger partial charge in [0.2, 0.25) is 0 Å². The molecule has 0 saturated carbocycles. The van der Waals surface area contributed by atoms with Crippen molar-refractivity contribution in [3.63, 3.8) is 0 Å². The van der Waals surface area contributed by atoms with Crippen LogP contribution in [0.2, 0.25) is 0 Å². The average molecular weight is 278 g/mol. The van der Waals surface area contributed by atoms with E-state index in [-0.39, 0.29) is 11.5 Å². The molecule has 1 nitrogen and oxygen atoms in total. The fraction of sp³-hybridized carbons (Fsp3) is 0.455. The van der Waals surface area contributed by atoms with Crippen LogP contribution >= 0.6 is 15.9 Å². The van der Waals surface area contributed by atoms with Gasteiger partial charge >= 0.3 is 0 Å². The molecule has 1 unspecified atom stereocenters. The maximum absolute atomic E-state index is 13.5. The summed E-state index contributed by atoms with van der Waals surface area (Å²) in [5.41, 5.74) is 5.78. The van der Waals surface area contributed by atoms with Crippen molar-refractivity contribution in [2.45, 2.75) is 26.3 Å². The molecule has 0 amide bonds. The van der Waals surface area contributed by atoms with Gasteiger partial charge in [0.15, 0.2) is 0 Å². The third kappa shape index (κ3) is 2.75. The first-order valence-corrected chi connectivity index (χ1v) is 5.66. The van der Waals surface area contributed by atoms with Crippen LogP contribution in [0.3, 0.4) is 0 Å². The van der Waals surface area contributed by atoms with E-state index >= 15 is 0 Å². The van der Waals surface area contributed by atoms with Crippen LogP contribution in [0.15, 0.2) is 16.6 Å². The lowest BCUT2D eigenvalue weighted by Crippen LogP contribution is -2.21. The van der Waals surface area contributed by atoms with Crippen molar-refractivity contribution in [3.8, 4) is 0 Å². The van der Waals surface area contributed by atoms with Gasteiger partial charge in [-0.1, -0.05) is 36.2 Å². The molecule has 1 aromatic rings. The van der Waals surface area contributed by atoms with Crippen molar-refractivity contribution in [1.82, 2.24) is 0 Å². The molecular weight excluding hydrogens is 264 g/mol. The molecule has 4 heteroatoms. The monoisotopic (exact) mass is 277 g/mol. The van der Waals surface area contributed by atoms with E-state index in [4.69, 9.17) is 5.73 Å². The third-order valence-electron chi connectivity index (χ3n) is 2.63. The molecule has 0 aliphatic carbocycles. The highest BCUT2D eigenvalue weighted by Gasteiger charge is 2.21. The maximum Gasteiger partial charge on any atom is 0.132 e. The highest BCUT2D eigenvalue weighted by atomic mass is 79.9. The maximum atomic E-state index is 13.5. The highest BCUT2D eigenvalue weighted by molar-refractivity contribution is 9.10. The van der Waals surface area contributed by atoms with Gasteiger partial charge in [0.25, 0.3) is 0 Å². The predicted molar refractivity (Wildman–Crippen MR) is 60.4 cm³/mol. The minimum Gasteiger partial charge on any atom is -0.324 e. The molecule has 0 spiro atoms.